The molecule has 50 heteroatoms. The second kappa shape index (κ2) is 61.5. The summed E-state index contributed by atoms with van der Waals surface area (Å²) in [6.45, 7) is 8.34. The first-order valence-corrected chi connectivity index (χ1v) is 43.0. The van der Waals surface area contributed by atoms with Crippen LogP contribution in [0.5, 0.6) is 0 Å². The molecule has 49 nitrogen and oxygen atoms in total. The number of aliphatic hydroxyl groups is 2. The summed E-state index contributed by atoms with van der Waals surface area (Å²) in [4.78, 5) is 257. The Morgan fingerprint density at radius 3 is 1.25 bits per heavy atom. The van der Waals surface area contributed by atoms with Crippen molar-refractivity contribution in [2.24, 2.45) is 57.7 Å². The molecule has 0 aliphatic carbocycles. The van der Waals surface area contributed by atoms with Crippen molar-refractivity contribution in [3.63, 3.8) is 0 Å². The van der Waals surface area contributed by atoms with Gasteiger partial charge in [0.05, 0.1) is 44.8 Å². The number of rotatable bonds is 63. The predicted molar refractivity (Wildman–Crippen MR) is 484 cm³/mol. The second-order valence-corrected chi connectivity index (χ2v) is 32.3. The van der Waals surface area contributed by atoms with Crippen LogP contribution in [0.25, 0.3) is 0 Å². The number of nitrogens with two attached hydrogens (primary N) is 8. The molecule has 0 bridgehead atoms. The highest BCUT2D eigenvalue weighted by Crippen LogP contribution is 2.20. The topological polar surface area (TPSA) is 837 Å². The smallest absolute Gasteiger partial charge is 0.246 e. The van der Waals surface area contributed by atoms with Gasteiger partial charge in [0.15, 0.2) is 11.9 Å². The van der Waals surface area contributed by atoms with Gasteiger partial charge in [-0.1, -0.05) is 88.4 Å². The minimum Gasteiger partial charge on any atom is -0.394 e. The van der Waals surface area contributed by atoms with E-state index >= 15 is 0 Å². The zero-order valence-electron chi connectivity index (χ0n) is 75.7. The molecule has 1 unspecified atom stereocenters. The lowest BCUT2D eigenvalue weighted by atomic mass is 9.86. The first kappa shape index (κ1) is 117. The zero-order valence-corrected chi connectivity index (χ0v) is 76.5. The van der Waals surface area contributed by atoms with Gasteiger partial charge in [0, 0.05) is 25.9 Å². The summed E-state index contributed by atoms with van der Waals surface area (Å²) >= 11 is 0. The molecule has 0 aromatic heterocycles. The van der Waals surface area contributed by atoms with Gasteiger partial charge in [-0.15, -0.1) is 12.4 Å². The molecule has 2 aromatic carbocycles. The fraction of sp³-hybridized carbons (Fsp3) is 0.598. The van der Waals surface area contributed by atoms with Crippen molar-refractivity contribution in [3.05, 3.63) is 71.8 Å². The molecule has 132 heavy (non-hydrogen) atoms. The lowest BCUT2D eigenvalue weighted by Crippen LogP contribution is -2.66. The number of aliphatic hydroxyl groups excluding tert-OH is 2. The van der Waals surface area contributed by atoms with E-state index in [-0.39, 0.29) is 128 Å². The lowest BCUT2D eigenvalue weighted by Gasteiger charge is -2.36. The van der Waals surface area contributed by atoms with Crippen LogP contribution in [0, 0.1) is 22.7 Å². The average molecular weight is 1890 g/mol. The summed E-state index contributed by atoms with van der Waals surface area (Å²) in [5.74, 6) is -20.6. The summed E-state index contributed by atoms with van der Waals surface area (Å²) in [5, 5.41) is 81.2. The van der Waals surface area contributed by atoms with E-state index in [0.717, 1.165) is 12.5 Å². The third-order valence-electron chi connectivity index (χ3n) is 20.4. The number of primary amides is 3. The van der Waals surface area contributed by atoms with E-state index in [4.69, 9.17) is 56.7 Å². The molecule has 0 aliphatic heterocycles. The van der Waals surface area contributed by atoms with Gasteiger partial charge in [-0.05, 0) is 147 Å². The van der Waals surface area contributed by atoms with Crippen LogP contribution in [0.4, 0.5) is 0 Å². The number of halogens is 1. The van der Waals surface area contributed by atoms with Crippen LogP contribution in [0.2, 0.25) is 0 Å². The van der Waals surface area contributed by atoms with Crippen LogP contribution in [0.3, 0.4) is 0 Å². The fourth-order valence-electron chi connectivity index (χ4n) is 12.5. The summed E-state index contributed by atoms with van der Waals surface area (Å²) < 4.78 is 0. The van der Waals surface area contributed by atoms with Crippen LogP contribution in [-0.2, 0) is 104 Å². The van der Waals surface area contributed by atoms with Crippen LogP contribution >= 0.6 is 12.4 Å². The third-order valence-corrected chi connectivity index (χ3v) is 20.4. The standard InChI is InChI=1S/C82H136N28O21.ClH/c1-43(2)35-56(74(126)99-46(6)68(120)105-58(38-61(87)114)75(127)101-51(66(88)118)29-30-60(86)113)106-71(123)52(25-15-17-31-83)104-73(125)55(28-20-34-94-81(91)92)108-79(131)82(8,44(3)4)110-77(129)59(42-111)107-72(124)53(26-16-18-32-84)103-70(122)54(27-19-33-93-80(89)90)102-67(119)45(5)98-63(116)41-97-78(130)65(47(7)112)109-76(128)57(37-49-23-13-10-14-24-49)100-64(117)40-95-62(115)39-96-69(121)50(85)36-48-21-11-9-12-22-48;/h9-14,21-24,43-47,50-59,65,111-112H,15-20,25-42,83-85H2,1-8H3,(H2,86,113)(H2,87,114)(H2,88,118)(H,95,115)(H,96,121)(H,97,130)(H,98,116)(H,99,126)(H,100,117)(H,101,127)(H,102,119)(H,103,122)(H,104,125)(H,105,120)(H,106,123)(H,107,124)(H,108,131)(H,109,128)(H,110,129)(H4,89,90,93)(H4,91,92,94);1H/t45-,46-,47+,50-,51-,52-,53-,54-,55-,56-,57-,58-,59-,65-,82?;/m0./s1. The number of amides is 19. The van der Waals surface area contributed by atoms with E-state index in [2.05, 4.69) is 95.7 Å². The SMILES string of the molecule is CC(C)C[C@H](NC(=O)[C@H](CCCCN)NC(=O)[C@H](CCCNC(=N)N)NC(=O)C(C)(NC(=O)[C@H](CO)NC(=O)[C@H](CCCCN)NC(=O)[C@H](CCCNC(=N)N)NC(=O)[C@H](C)NC(=O)CNC(=O)[C@@H](NC(=O)[C@H](Cc1ccccc1)NC(=O)CNC(=O)CNC(=O)[C@@H](N)Cc1ccccc1)[C@@H](C)O)C(C)C)C(=O)N[C@@H](C)C(=O)N[C@@H](CC(N)=O)C(=O)N[C@@H](CCC(N)=O)C(N)=O.Cl. The molecule has 0 spiro atoms. The Balaban J connectivity index is 0.0000871. The maximum atomic E-state index is 14.8. The Bertz CT molecular complexity index is 4200. The van der Waals surface area contributed by atoms with Crippen LogP contribution < -0.4 is 142 Å². The predicted octanol–water partition coefficient (Wildman–Crippen LogP) is -10.2. The molecule has 0 aliphatic rings. The van der Waals surface area contributed by atoms with Gasteiger partial charge in [-0.2, -0.15) is 0 Å². The Hall–Kier alpha value is -13.0. The van der Waals surface area contributed by atoms with E-state index in [1.807, 2.05) is 0 Å². The monoisotopic (exact) mass is 1890 g/mol. The highest BCUT2D eigenvalue weighted by atomic mass is 35.5. The minimum atomic E-state index is -2.03. The van der Waals surface area contributed by atoms with Gasteiger partial charge in [-0.3, -0.25) is 102 Å². The van der Waals surface area contributed by atoms with E-state index in [0.29, 0.717) is 18.4 Å². The van der Waals surface area contributed by atoms with E-state index in [1.54, 1.807) is 74.5 Å². The number of benzene rings is 2. The average Bonchev–Trinajstić information content (AvgIpc) is 0.805. The van der Waals surface area contributed by atoms with Crippen LogP contribution in [-0.4, -0.2) is 277 Å². The number of hydrogen-bond donors (Lipinski definition) is 30. The normalized spacial score (nSPS) is 14.6. The van der Waals surface area contributed by atoms with Gasteiger partial charge in [0.1, 0.15) is 78.0 Å². The molecule has 0 fully saturated rings. The molecule has 0 heterocycles. The molecule has 0 saturated heterocycles. The fourth-order valence-corrected chi connectivity index (χ4v) is 12.5. The molecule has 38 N–H and O–H groups in total. The summed E-state index contributed by atoms with van der Waals surface area (Å²) in [5.41, 5.74) is 43.9. The Morgan fingerprint density at radius 2 is 0.795 bits per heavy atom. The maximum Gasteiger partial charge on any atom is 0.246 e. The molecular formula is C82H137ClN28O21. The van der Waals surface area contributed by atoms with Crippen molar-refractivity contribution < 1.29 is 101 Å². The summed E-state index contributed by atoms with van der Waals surface area (Å²) in [6, 6.07) is -2.52. The number of guanidine groups is 2. The molecule has 2 rings (SSSR count). The van der Waals surface area contributed by atoms with Crippen molar-refractivity contribution >= 4 is 137 Å². The molecule has 19 amide bonds. The number of carbonyl (C=O) groups excluding carboxylic acids is 19. The van der Waals surface area contributed by atoms with Gasteiger partial charge < -0.3 is 152 Å². The summed E-state index contributed by atoms with van der Waals surface area (Å²) in [6.07, 6.45) is -2.77. The van der Waals surface area contributed by atoms with Gasteiger partial charge >= 0.3 is 0 Å². The number of nitrogens with one attached hydrogen (secondary N) is 20. The van der Waals surface area contributed by atoms with E-state index in [1.165, 1.54) is 34.6 Å². The number of carbonyl (C=O) groups is 19. The van der Waals surface area contributed by atoms with Gasteiger partial charge in [-0.25, -0.2) is 0 Å². The van der Waals surface area contributed by atoms with Crippen molar-refractivity contribution in [1.82, 2.24) is 95.7 Å². The zero-order chi connectivity index (χ0) is 98.8. The Morgan fingerprint density at radius 1 is 0.394 bits per heavy atom. The largest absolute Gasteiger partial charge is 0.394 e. The quantitative estimate of drug-likeness (QED) is 0.0166. The van der Waals surface area contributed by atoms with E-state index in [9.17, 15) is 101 Å². The maximum absolute atomic E-state index is 14.8. The first-order chi connectivity index (χ1) is 61.7. The Kier molecular flexibility index (Phi) is 54.6. The highest BCUT2D eigenvalue weighted by Gasteiger charge is 2.43. The minimum absolute atomic E-state index is 0. The number of unbranched alkanes of at least 4 members (excludes halogenated alkanes) is 2. The van der Waals surface area contributed by atoms with Crippen molar-refractivity contribution in [1.29, 1.82) is 10.8 Å². The van der Waals surface area contributed by atoms with Crippen molar-refractivity contribution in [2.75, 3.05) is 52.4 Å². The Labute approximate surface area is 771 Å². The van der Waals surface area contributed by atoms with Gasteiger partial charge in [0.25, 0.3) is 0 Å². The lowest BCUT2D eigenvalue weighted by molar-refractivity contribution is -0.140. The van der Waals surface area contributed by atoms with Crippen molar-refractivity contribution in [3.8, 4) is 0 Å². The van der Waals surface area contributed by atoms with Crippen LogP contribution in [0.15, 0.2) is 60.7 Å². The third kappa shape index (κ3) is 45.5. The summed E-state index contributed by atoms with van der Waals surface area (Å²) in [7, 11) is 0. The molecule has 0 saturated carbocycles. The second-order valence-electron chi connectivity index (χ2n) is 32.3. The molecule has 15 atom stereocenters. The van der Waals surface area contributed by atoms with Gasteiger partial charge in [0.2, 0.25) is 112 Å². The van der Waals surface area contributed by atoms with E-state index < -0.39 is 253 Å². The van der Waals surface area contributed by atoms with Crippen molar-refractivity contribution in [2.45, 2.75) is 248 Å². The highest BCUT2D eigenvalue weighted by molar-refractivity contribution is 6.02. The molecule has 2 aromatic rings. The first-order valence-electron chi connectivity index (χ1n) is 43.0. The number of hydrogen-bond acceptors (Lipinski definition) is 26. The van der Waals surface area contributed by atoms with Crippen LogP contribution in [0.1, 0.15) is 156 Å². The molecular weight excluding hydrogens is 1750 g/mol. The molecule has 0 radical (unpaired) electrons. The molecule has 738 valence electrons.